The third-order valence-electron chi connectivity index (χ3n) is 2.89. The Morgan fingerprint density at radius 2 is 1.95 bits per heavy atom. The summed E-state index contributed by atoms with van der Waals surface area (Å²) in [6, 6.07) is 9.55. The maximum absolute atomic E-state index is 11.9. The van der Waals surface area contributed by atoms with Gasteiger partial charge in [-0.15, -0.1) is 0 Å². The second kappa shape index (κ2) is 6.44. The van der Waals surface area contributed by atoms with Gasteiger partial charge < -0.3 is 4.42 Å². The zero-order chi connectivity index (χ0) is 16.2. The van der Waals surface area contributed by atoms with Crippen LogP contribution in [0.4, 0.5) is 5.69 Å². The summed E-state index contributed by atoms with van der Waals surface area (Å²) in [6.07, 6.45) is 3.99. The summed E-state index contributed by atoms with van der Waals surface area (Å²) in [5, 5.41) is 3.76. The fourth-order valence-electron chi connectivity index (χ4n) is 1.60. The van der Waals surface area contributed by atoms with Crippen LogP contribution in [0, 0.1) is 0 Å². The highest BCUT2D eigenvalue weighted by Crippen LogP contribution is 2.16. The molecule has 1 aromatic heterocycles. The molecule has 0 saturated carbocycles. The Labute approximate surface area is 128 Å². The molecule has 2 rings (SSSR count). The van der Waals surface area contributed by atoms with Gasteiger partial charge in [-0.05, 0) is 36.4 Å². The molecule has 0 aliphatic carbocycles. The van der Waals surface area contributed by atoms with Crippen molar-refractivity contribution in [1.82, 2.24) is 5.43 Å². The van der Waals surface area contributed by atoms with E-state index in [4.69, 9.17) is 4.42 Å². The van der Waals surface area contributed by atoms with Crippen LogP contribution in [0.15, 0.2) is 52.2 Å². The number of hydrogen-bond donors (Lipinski definition) is 1. The summed E-state index contributed by atoms with van der Waals surface area (Å²) in [4.78, 5) is 11.9. The Kier molecular flexibility index (Phi) is 4.62. The standard InChI is InChI=1S/C14H15N3O4S/c1-17(22(2,19)20)12-7-5-11(6-8-12)14(18)16-15-10-13-4-3-9-21-13/h3-10H,1-2H3,(H,16,18)/b15-10-. The molecule has 0 aliphatic heterocycles. The lowest BCUT2D eigenvalue weighted by molar-refractivity contribution is 0.0955. The lowest BCUT2D eigenvalue weighted by atomic mass is 10.2. The van der Waals surface area contributed by atoms with Crippen molar-refractivity contribution in [2.45, 2.75) is 0 Å². The first-order valence-corrected chi connectivity index (χ1v) is 8.13. The van der Waals surface area contributed by atoms with Crippen LogP contribution >= 0.6 is 0 Å². The van der Waals surface area contributed by atoms with Crippen molar-refractivity contribution in [1.29, 1.82) is 0 Å². The number of hydrogen-bond acceptors (Lipinski definition) is 5. The molecule has 7 nitrogen and oxygen atoms in total. The van der Waals surface area contributed by atoms with Crippen molar-refractivity contribution in [3.05, 3.63) is 54.0 Å². The number of carbonyl (C=O) groups is 1. The minimum Gasteiger partial charge on any atom is -0.463 e. The Balaban J connectivity index is 2.02. The van der Waals surface area contributed by atoms with Crippen LogP contribution in [-0.2, 0) is 10.0 Å². The van der Waals surface area contributed by atoms with Gasteiger partial charge in [-0.2, -0.15) is 5.10 Å². The van der Waals surface area contributed by atoms with Gasteiger partial charge in [0, 0.05) is 12.6 Å². The molecule has 1 amide bonds. The second-order valence-electron chi connectivity index (χ2n) is 4.49. The normalized spacial score (nSPS) is 11.5. The molecule has 1 aromatic carbocycles. The molecule has 0 fully saturated rings. The number of benzene rings is 1. The van der Waals surface area contributed by atoms with E-state index in [1.807, 2.05) is 0 Å². The predicted molar refractivity (Wildman–Crippen MR) is 83.5 cm³/mol. The third kappa shape index (κ3) is 3.95. The minimum atomic E-state index is -3.33. The number of sulfonamides is 1. The van der Waals surface area contributed by atoms with E-state index in [1.54, 1.807) is 24.3 Å². The fraction of sp³-hybridized carbons (Fsp3) is 0.143. The first-order chi connectivity index (χ1) is 10.4. The van der Waals surface area contributed by atoms with Crippen LogP contribution in [0.3, 0.4) is 0 Å². The molecule has 0 spiro atoms. The topological polar surface area (TPSA) is 92.0 Å². The van der Waals surface area contributed by atoms with Crippen LogP contribution in [0.2, 0.25) is 0 Å². The summed E-state index contributed by atoms with van der Waals surface area (Å²) in [5.41, 5.74) is 3.19. The molecule has 0 atom stereocenters. The molecule has 1 heterocycles. The quantitative estimate of drug-likeness (QED) is 0.666. The minimum absolute atomic E-state index is 0.363. The van der Waals surface area contributed by atoms with Gasteiger partial charge in [0.15, 0.2) is 0 Å². The Bertz CT molecular complexity index is 765. The summed E-state index contributed by atoms with van der Waals surface area (Å²) in [7, 11) is -1.89. The molecule has 2 aromatic rings. The molecule has 0 saturated heterocycles. The maximum atomic E-state index is 11.9. The molecular weight excluding hydrogens is 306 g/mol. The molecule has 22 heavy (non-hydrogen) atoms. The summed E-state index contributed by atoms with van der Waals surface area (Å²) >= 11 is 0. The second-order valence-corrected chi connectivity index (χ2v) is 6.51. The largest absolute Gasteiger partial charge is 0.463 e. The molecule has 0 unspecified atom stereocenters. The van der Waals surface area contributed by atoms with Crippen molar-refractivity contribution in [2.75, 3.05) is 17.6 Å². The first-order valence-electron chi connectivity index (χ1n) is 6.29. The first kappa shape index (κ1) is 15.8. The van der Waals surface area contributed by atoms with E-state index in [2.05, 4.69) is 10.5 Å². The van der Waals surface area contributed by atoms with Gasteiger partial charge >= 0.3 is 0 Å². The molecule has 116 valence electrons. The number of nitrogens with one attached hydrogen (secondary N) is 1. The van der Waals surface area contributed by atoms with E-state index in [-0.39, 0.29) is 0 Å². The number of hydrazone groups is 1. The third-order valence-corrected chi connectivity index (χ3v) is 4.10. The Hall–Kier alpha value is -2.61. The number of amides is 1. The van der Waals surface area contributed by atoms with E-state index in [9.17, 15) is 13.2 Å². The van der Waals surface area contributed by atoms with E-state index in [1.165, 1.54) is 31.7 Å². The molecule has 8 heteroatoms. The molecule has 0 bridgehead atoms. The van der Waals surface area contributed by atoms with Gasteiger partial charge in [0.2, 0.25) is 10.0 Å². The maximum Gasteiger partial charge on any atom is 0.271 e. The average Bonchev–Trinajstić information content (AvgIpc) is 2.99. The van der Waals surface area contributed by atoms with Gasteiger partial charge in [0.1, 0.15) is 5.76 Å². The predicted octanol–water partition coefficient (Wildman–Crippen LogP) is 1.44. The smallest absolute Gasteiger partial charge is 0.271 e. The highest BCUT2D eigenvalue weighted by atomic mass is 32.2. The lowest BCUT2D eigenvalue weighted by Crippen LogP contribution is -2.25. The van der Waals surface area contributed by atoms with E-state index < -0.39 is 15.9 Å². The monoisotopic (exact) mass is 321 g/mol. The van der Waals surface area contributed by atoms with Gasteiger partial charge in [0.25, 0.3) is 5.91 Å². The van der Waals surface area contributed by atoms with E-state index in [0.29, 0.717) is 17.0 Å². The van der Waals surface area contributed by atoms with Crippen LogP contribution < -0.4 is 9.73 Å². The van der Waals surface area contributed by atoms with Crippen LogP contribution in [-0.4, -0.2) is 33.8 Å². The molecule has 1 N–H and O–H groups in total. The SMILES string of the molecule is CN(c1ccc(C(=O)N/N=C\c2ccco2)cc1)S(C)(=O)=O. The van der Waals surface area contributed by atoms with Crippen LogP contribution in [0.1, 0.15) is 16.1 Å². The Morgan fingerprint density at radius 1 is 1.27 bits per heavy atom. The van der Waals surface area contributed by atoms with Crippen LogP contribution in [0.5, 0.6) is 0 Å². The highest BCUT2D eigenvalue weighted by Gasteiger charge is 2.12. The average molecular weight is 321 g/mol. The lowest BCUT2D eigenvalue weighted by Gasteiger charge is -2.16. The number of rotatable bonds is 5. The number of furan rings is 1. The zero-order valence-corrected chi connectivity index (χ0v) is 12.9. The number of nitrogens with zero attached hydrogens (tertiary/aromatic N) is 2. The molecular formula is C14H15N3O4S. The van der Waals surface area contributed by atoms with Gasteiger partial charge in [-0.1, -0.05) is 0 Å². The van der Waals surface area contributed by atoms with Crippen LogP contribution in [0.25, 0.3) is 0 Å². The summed E-state index contributed by atoms with van der Waals surface area (Å²) in [5.74, 6) is 0.113. The number of carbonyl (C=O) groups excluding carboxylic acids is 1. The fourth-order valence-corrected chi connectivity index (χ4v) is 2.10. The van der Waals surface area contributed by atoms with E-state index >= 15 is 0 Å². The van der Waals surface area contributed by atoms with Gasteiger partial charge in [0.05, 0.1) is 24.4 Å². The van der Waals surface area contributed by atoms with Gasteiger partial charge in [-0.3, -0.25) is 9.10 Å². The van der Waals surface area contributed by atoms with Crippen molar-refractivity contribution in [3.63, 3.8) is 0 Å². The number of anilines is 1. The molecule has 0 radical (unpaired) electrons. The Morgan fingerprint density at radius 3 is 2.50 bits per heavy atom. The van der Waals surface area contributed by atoms with Gasteiger partial charge in [-0.25, -0.2) is 13.8 Å². The summed E-state index contributed by atoms with van der Waals surface area (Å²) < 4.78 is 29.0. The van der Waals surface area contributed by atoms with Crippen molar-refractivity contribution < 1.29 is 17.6 Å². The van der Waals surface area contributed by atoms with E-state index in [0.717, 1.165) is 10.6 Å². The zero-order valence-electron chi connectivity index (χ0n) is 12.1. The van der Waals surface area contributed by atoms with Crippen molar-refractivity contribution in [2.24, 2.45) is 5.10 Å². The van der Waals surface area contributed by atoms with Crippen molar-refractivity contribution in [3.8, 4) is 0 Å². The molecule has 0 aliphatic rings. The van der Waals surface area contributed by atoms with Crippen molar-refractivity contribution >= 4 is 27.8 Å². The summed E-state index contributed by atoms with van der Waals surface area (Å²) in [6.45, 7) is 0. The highest BCUT2D eigenvalue weighted by molar-refractivity contribution is 7.92.